The second-order valence-corrected chi connectivity index (χ2v) is 6.31. The SMILES string of the molecule is CCNC(=O)[C@@H]1C[C@@H](N)CN1C(=O)CN(C)C1CCCC1. The molecule has 0 unspecified atom stereocenters. The van der Waals surface area contributed by atoms with Crippen molar-refractivity contribution in [2.24, 2.45) is 5.73 Å². The Morgan fingerprint density at radius 1 is 1.33 bits per heavy atom. The third kappa shape index (κ3) is 3.95. The second-order valence-electron chi connectivity index (χ2n) is 6.31. The van der Waals surface area contributed by atoms with E-state index in [1.165, 1.54) is 25.7 Å². The zero-order valence-electron chi connectivity index (χ0n) is 13.2. The monoisotopic (exact) mass is 296 g/mol. The number of hydrogen-bond acceptors (Lipinski definition) is 4. The first-order valence-corrected chi connectivity index (χ1v) is 8.06. The molecule has 2 aliphatic rings. The summed E-state index contributed by atoms with van der Waals surface area (Å²) in [5.74, 6) is -0.0593. The average Bonchev–Trinajstić information content (AvgIpc) is 3.07. The van der Waals surface area contributed by atoms with Crippen molar-refractivity contribution in [3.63, 3.8) is 0 Å². The summed E-state index contributed by atoms with van der Waals surface area (Å²) in [5.41, 5.74) is 5.95. The lowest BCUT2D eigenvalue weighted by atomic mass is 10.1. The highest BCUT2D eigenvalue weighted by molar-refractivity contribution is 5.89. The number of nitrogens with zero attached hydrogens (tertiary/aromatic N) is 2. The Morgan fingerprint density at radius 2 is 2.00 bits per heavy atom. The minimum absolute atomic E-state index is 0.0219. The highest BCUT2D eigenvalue weighted by Crippen LogP contribution is 2.23. The van der Waals surface area contributed by atoms with Gasteiger partial charge in [0.25, 0.3) is 0 Å². The first kappa shape index (κ1) is 16.2. The van der Waals surface area contributed by atoms with Gasteiger partial charge < -0.3 is 16.0 Å². The van der Waals surface area contributed by atoms with Crippen LogP contribution in [0.1, 0.15) is 39.0 Å². The van der Waals surface area contributed by atoms with Crippen LogP contribution in [-0.4, -0.2) is 66.4 Å². The summed E-state index contributed by atoms with van der Waals surface area (Å²) < 4.78 is 0. The number of carbonyl (C=O) groups is 2. The highest BCUT2D eigenvalue weighted by Gasteiger charge is 2.38. The normalized spacial score (nSPS) is 26.6. The zero-order valence-corrected chi connectivity index (χ0v) is 13.2. The van der Waals surface area contributed by atoms with Crippen LogP contribution in [0.4, 0.5) is 0 Å². The predicted octanol–water partition coefficient (Wildman–Crippen LogP) is -0.0749. The van der Waals surface area contributed by atoms with Crippen LogP contribution < -0.4 is 11.1 Å². The van der Waals surface area contributed by atoms with E-state index in [1.807, 2.05) is 14.0 Å². The molecule has 1 aliphatic carbocycles. The van der Waals surface area contributed by atoms with Gasteiger partial charge in [0.1, 0.15) is 6.04 Å². The Balaban J connectivity index is 1.94. The topological polar surface area (TPSA) is 78.7 Å². The summed E-state index contributed by atoms with van der Waals surface area (Å²) in [4.78, 5) is 28.4. The lowest BCUT2D eigenvalue weighted by Crippen LogP contribution is -2.49. The van der Waals surface area contributed by atoms with Gasteiger partial charge in [0.2, 0.25) is 11.8 Å². The maximum Gasteiger partial charge on any atom is 0.242 e. The van der Waals surface area contributed by atoms with Gasteiger partial charge in [-0.05, 0) is 33.2 Å². The van der Waals surface area contributed by atoms with Crippen molar-refractivity contribution in [2.75, 3.05) is 26.7 Å². The Hall–Kier alpha value is -1.14. The summed E-state index contributed by atoms with van der Waals surface area (Å²) in [6.07, 6.45) is 5.40. The van der Waals surface area contributed by atoms with E-state index >= 15 is 0 Å². The Bertz CT molecular complexity index is 382. The zero-order chi connectivity index (χ0) is 15.4. The van der Waals surface area contributed by atoms with Crippen molar-refractivity contribution in [1.29, 1.82) is 0 Å². The van der Waals surface area contributed by atoms with Crippen molar-refractivity contribution >= 4 is 11.8 Å². The summed E-state index contributed by atoms with van der Waals surface area (Å²) >= 11 is 0. The number of likely N-dealkylation sites (tertiary alicyclic amines) is 1. The lowest BCUT2D eigenvalue weighted by Gasteiger charge is -2.28. The molecular formula is C15H28N4O2. The van der Waals surface area contributed by atoms with Crippen LogP contribution in [0.25, 0.3) is 0 Å². The number of hydrogen-bond donors (Lipinski definition) is 2. The van der Waals surface area contributed by atoms with Crippen molar-refractivity contribution in [3.05, 3.63) is 0 Å². The summed E-state index contributed by atoms with van der Waals surface area (Å²) in [5, 5.41) is 2.80. The Labute approximate surface area is 127 Å². The van der Waals surface area contributed by atoms with Gasteiger partial charge in [-0.1, -0.05) is 12.8 Å². The van der Waals surface area contributed by atoms with E-state index in [9.17, 15) is 9.59 Å². The highest BCUT2D eigenvalue weighted by atomic mass is 16.2. The van der Waals surface area contributed by atoms with Crippen LogP contribution in [0.2, 0.25) is 0 Å². The number of rotatable bonds is 5. The van der Waals surface area contributed by atoms with Crippen molar-refractivity contribution in [1.82, 2.24) is 15.1 Å². The van der Waals surface area contributed by atoms with Crippen molar-refractivity contribution < 1.29 is 9.59 Å². The largest absolute Gasteiger partial charge is 0.355 e. The fourth-order valence-corrected chi connectivity index (χ4v) is 3.46. The molecule has 6 nitrogen and oxygen atoms in total. The second kappa shape index (κ2) is 7.22. The van der Waals surface area contributed by atoms with E-state index in [4.69, 9.17) is 5.73 Å². The molecule has 2 amide bonds. The number of amides is 2. The minimum Gasteiger partial charge on any atom is -0.355 e. The predicted molar refractivity (Wildman–Crippen MR) is 81.7 cm³/mol. The molecule has 120 valence electrons. The van der Waals surface area contributed by atoms with Crippen molar-refractivity contribution in [2.45, 2.75) is 57.2 Å². The van der Waals surface area contributed by atoms with Gasteiger partial charge in [0.05, 0.1) is 6.54 Å². The van der Waals surface area contributed by atoms with Crippen LogP contribution in [-0.2, 0) is 9.59 Å². The van der Waals surface area contributed by atoms with E-state index in [1.54, 1.807) is 4.90 Å². The molecule has 0 radical (unpaired) electrons. The minimum atomic E-state index is -0.399. The standard InChI is InChI=1S/C15H28N4O2/c1-3-17-15(21)13-8-11(16)9-19(13)14(20)10-18(2)12-6-4-5-7-12/h11-13H,3-10,16H2,1-2H3,(H,17,21)/t11-,13+/m1/s1. The number of likely N-dealkylation sites (N-methyl/N-ethyl adjacent to an activating group) is 2. The maximum atomic E-state index is 12.5. The molecule has 0 aromatic heterocycles. The smallest absolute Gasteiger partial charge is 0.242 e. The average molecular weight is 296 g/mol. The molecule has 2 rings (SSSR count). The van der Waals surface area contributed by atoms with Crippen LogP contribution in [0.15, 0.2) is 0 Å². The number of nitrogens with one attached hydrogen (secondary N) is 1. The third-order valence-corrected chi connectivity index (χ3v) is 4.64. The molecule has 21 heavy (non-hydrogen) atoms. The van der Waals surface area contributed by atoms with E-state index in [-0.39, 0.29) is 17.9 Å². The molecular weight excluding hydrogens is 268 g/mol. The molecule has 3 N–H and O–H groups in total. The molecule has 0 aromatic carbocycles. The first-order chi connectivity index (χ1) is 10.0. The van der Waals surface area contributed by atoms with Crippen molar-refractivity contribution in [3.8, 4) is 0 Å². The summed E-state index contributed by atoms with van der Waals surface area (Å²) in [6, 6.07) is 0.0101. The molecule has 2 atom stereocenters. The van der Waals surface area contributed by atoms with E-state index in [0.717, 1.165) is 0 Å². The van der Waals surface area contributed by atoms with Gasteiger partial charge in [-0.25, -0.2) is 0 Å². The molecule has 0 spiro atoms. The van der Waals surface area contributed by atoms with Gasteiger partial charge in [0.15, 0.2) is 0 Å². The maximum absolute atomic E-state index is 12.5. The van der Waals surface area contributed by atoms with E-state index < -0.39 is 6.04 Å². The fraction of sp³-hybridized carbons (Fsp3) is 0.867. The summed E-state index contributed by atoms with van der Waals surface area (Å²) in [6.45, 7) is 3.33. The van der Waals surface area contributed by atoms with Crippen LogP contribution in [0.5, 0.6) is 0 Å². The number of nitrogens with two attached hydrogens (primary N) is 1. The first-order valence-electron chi connectivity index (χ1n) is 8.06. The van der Waals surface area contributed by atoms with Gasteiger partial charge >= 0.3 is 0 Å². The molecule has 1 heterocycles. The summed E-state index contributed by atoms with van der Waals surface area (Å²) in [7, 11) is 2.00. The molecule has 2 fully saturated rings. The lowest BCUT2D eigenvalue weighted by molar-refractivity contribution is -0.139. The number of carbonyl (C=O) groups excluding carboxylic acids is 2. The molecule has 1 aliphatic heterocycles. The van der Waals surface area contributed by atoms with Crippen LogP contribution in [0, 0.1) is 0 Å². The molecule has 6 heteroatoms. The molecule has 0 bridgehead atoms. The van der Waals surface area contributed by atoms with E-state index in [2.05, 4.69) is 10.2 Å². The van der Waals surface area contributed by atoms with Crippen LogP contribution in [0.3, 0.4) is 0 Å². The fourth-order valence-electron chi connectivity index (χ4n) is 3.46. The molecule has 1 saturated heterocycles. The van der Waals surface area contributed by atoms with Crippen LogP contribution >= 0.6 is 0 Å². The third-order valence-electron chi connectivity index (χ3n) is 4.64. The van der Waals surface area contributed by atoms with Gasteiger partial charge in [-0.15, -0.1) is 0 Å². The van der Waals surface area contributed by atoms with Gasteiger partial charge in [-0.3, -0.25) is 14.5 Å². The molecule has 1 saturated carbocycles. The van der Waals surface area contributed by atoms with E-state index in [0.29, 0.717) is 32.1 Å². The Morgan fingerprint density at radius 3 is 2.62 bits per heavy atom. The van der Waals surface area contributed by atoms with Gasteiger partial charge in [0, 0.05) is 25.2 Å². The quantitative estimate of drug-likeness (QED) is 0.744. The Kier molecular flexibility index (Phi) is 5.58. The molecule has 0 aromatic rings. The van der Waals surface area contributed by atoms with Gasteiger partial charge in [-0.2, -0.15) is 0 Å².